The maximum atomic E-state index is 13.9. The van der Waals surface area contributed by atoms with E-state index in [-0.39, 0.29) is 106 Å². The smallest absolute Gasteiger partial charge is 0.306 e. The number of aryl methyl sites for hydroxylation is 3. The molecule has 12 nitrogen and oxygen atoms in total. The zero-order valence-electron chi connectivity index (χ0n) is 68.8. The van der Waals surface area contributed by atoms with Gasteiger partial charge >= 0.3 is 17.9 Å². The van der Waals surface area contributed by atoms with Gasteiger partial charge in [-0.3, -0.25) is 14.4 Å². The van der Waals surface area contributed by atoms with Gasteiger partial charge in [0.1, 0.15) is 54.3 Å². The van der Waals surface area contributed by atoms with E-state index in [0.29, 0.717) is 71.9 Å². The number of hydrogen-bond donors (Lipinski definition) is 6. The molecule has 0 saturated heterocycles. The Morgan fingerprint density at radius 2 is 0.390 bits per heavy atom. The second kappa shape index (κ2) is 31.3. The van der Waals surface area contributed by atoms with E-state index in [9.17, 15) is 45.0 Å². The van der Waals surface area contributed by atoms with Crippen molar-refractivity contribution in [2.24, 2.45) is 0 Å². The second-order valence-electron chi connectivity index (χ2n) is 39.0. The second-order valence-corrected chi connectivity index (χ2v) is 39.0. The highest BCUT2D eigenvalue weighted by molar-refractivity contribution is 5.71. The molecule has 0 amide bonds. The lowest BCUT2D eigenvalue weighted by molar-refractivity contribution is -0.145. The van der Waals surface area contributed by atoms with Crippen LogP contribution in [0.5, 0.6) is 34.5 Å². The van der Waals surface area contributed by atoms with Gasteiger partial charge < -0.3 is 44.8 Å². The number of carbonyl (C=O) groups excluding carboxylic acids is 3. The number of hydrogen-bond acceptors (Lipinski definition) is 12. The summed E-state index contributed by atoms with van der Waals surface area (Å²) in [6.45, 7) is 55.5. The average Bonchev–Trinajstić information content (AvgIpc) is 0.782. The Hall–Kier alpha value is -8.25. The Kier molecular flexibility index (Phi) is 25.0. The minimum absolute atomic E-state index is 0.0385. The Bertz CT molecular complexity index is 3780. The van der Waals surface area contributed by atoms with E-state index < -0.39 is 34.2 Å². The summed E-state index contributed by atoms with van der Waals surface area (Å²) in [6.07, 6.45) is 2.32. The van der Waals surface area contributed by atoms with Crippen molar-refractivity contribution in [3.63, 3.8) is 0 Å². The zero-order valence-corrected chi connectivity index (χ0v) is 68.8. The topological polar surface area (TPSA) is 200 Å². The number of aromatic hydroxyl groups is 6. The molecule has 0 radical (unpaired) electrons. The molecule has 0 fully saturated rings. The summed E-state index contributed by atoms with van der Waals surface area (Å²) in [5.74, 6) is 0.103. The van der Waals surface area contributed by atoms with Crippen LogP contribution in [0.1, 0.15) is 323 Å². The Labute approximate surface area is 629 Å². The molecule has 7 rings (SSSR count). The number of phenols is 6. The summed E-state index contributed by atoms with van der Waals surface area (Å²) in [5.41, 5.74) is 13.3. The van der Waals surface area contributed by atoms with E-state index in [1.165, 1.54) is 0 Å². The Morgan fingerprint density at radius 1 is 0.229 bits per heavy atom. The molecule has 0 aliphatic rings. The predicted octanol–water partition coefficient (Wildman–Crippen LogP) is 21.4. The van der Waals surface area contributed by atoms with Crippen molar-refractivity contribution in [3.8, 4) is 34.5 Å². The van der Waals surface area contributed by atoms with Crippen molar-refractivity contribution >= 4 is 17.9 Å². The van der Waals surface area contributed by atoms with Crippen LogP contribution in [0.2, 0.25) is 0 Å². The number of ether oxygens (including phenoxy) is 3. The largest absolute Gasteiger partial charge is 0.507 e. The summed E-state index contributed by atoms with van der Waals surface area (Å²) in [6, 6.07) is 29.4. The molecular formula is C93H126O12. The summed E-state index contributed by atoms with van der Waals surface area (Å²) in [5, 5.41) is 70.3. The minimum atomic E-state index is -0.450. The van der Waals surface area contributed by atoms with Crippen LogP contribution in [0.15, 0.2) is 91.0 Å². The third-order valence-electron chi connectivity index (χ3n) is 19.9. The first-order chi connectivity index (χ1) is 47.9. The van der Waals surface area contributed by atoms with Crippen molar-refractivity contribution in [1.29, 1.82) is 0 Å². The van der Waals surface area contributed by atoms with Crippen molar-refractivity contribution < 1.29 is 59.2 Å². The van der Waals surface area contributed by atoms with Crippen LogP contribution in [0.3, 0.4) is 0 Å². The molecule has 570 valence electrons. The van der Waals surface area contributed by atoms with Gasteiger partial charge in [0.2, 0.25) is 0 Å². The highest BCUT2D eigenvalue weighted by Crippen LogP contribution is 2.47. The van der Waals surface area contributed by atoms with E-state index in [0.717, 1.165) is 83.5 Å². The van der Waals surface area contributed by atoms with Crippen LogP contribution in [-0.2, 0) is 136 Å². The fourth-order valence-corrected chi connectivity index (χ4v) is 13.8. The van der Waals surface area contributed by atoms with Crippen molar-refractivity contribution in [1.82, 2.24) is 0 Å². The van der Waals surface area contributed by atoms with Gasteiger partial charge in [-0.25, -0.2) is 0 Å². The molecule has 0 bridgehead atoms. The first-order valence-corrected chi connectivity index (χ1v) is 37.6. The molecule has 0 aromatic heterocycles. The fourth-order valence-electron chi connectivity index (χ4n) is 13.8. The Morgan fingerprint density at radius 3 is 0.562 bits per heavy atom. The van der Waals surface area contributed by atoms with Gasteiger partial charge in [0.05, 0.1) is 0 Å². The van der Waals surface area contributed by atoms with Crippen molar-refractivity contribution in [2.75, 3.05) is 0 Å². The van der Waals surface area contributed by atoms with Crippen LogP contribution in [0.4, 0.5) is 0 Å². The predicted molar refractivity (Wildman–Crippen MR) is 426 cm³/mol. The first-order valence-electron chi connectivity index (χ1n) is 37.6. The summed E-state index contributed by atoms with van der Waals surface area (Å²) in [7, 11) is 0. The number of esters is 3. The molecule has 6 N–H and O–H groups in total. The zero-order chi connectivity index (χ0) is 79.0. The molecule has 0 aliphatic heterocycles. The van der Waals surface area contributed by atoms with Crippen LogP contribution in [-0.4, -0.2) is 48.5 Å². The SMILES string of the molecule is CC(C)(C)c1cc(CCC(=O)OCc2cc(COC(=O)CCc3cc(Cc4cc(C(C)(C)C)c(O)c(C(C)(C)C)c4)c(O)c(C(C)(C)C)c3)cc(COC(=O)CCc3cc(Cc4cc(C(C)(C)C)c(O)c(C(C)(C)C)c4)c(O)c(C(C)(C)C)c3)c2)cc(Cc2cc(C(C)(C)C)c(O)c(C(C)(C)C)c2)c1O. The molecular weight excluding hydrogens is 1310 g/mol. The van der Waals surface area contributed by atoms with Crippen molar-refractivity contribution in [3.05, 3.63) is 208 Å². The molecule has 0 spiro atoms. The summed E-state index contributed by atoms with van der Waals surface area (Å²) < 4.78 is 18.1. The third-order valence-corrected chi connectivity index (χ3v) is 19.9. The lowest BCUT2D eigenvalue weighted by Gasteiger charge is -2.28. The van der Waals surface area contributed by atoms with Gasteiger partial charge in [0, 0.05) is 38.5 Å². The minimum Gasteiger partial charge on any atom is -0.507 e. The molecule has 0 unspecified atom stereocenters. The maximum absolute atomic E-state index is 13.9. The van der Waals surface area contributed by atoms with Crippen LogP contribution in [0.25, 0.3) is 0 Å². The van der Waals surface area contributed by atoms with Gasteiger partial charge in [-0.15, -0.1) is 0 Å². The number of rotatable bonds is 21. The Balaban J connectivity index is 1.14. The van der Waals surface area contributed by atoms with E-state index in [4.69, 9.17) is 14.2 Å². The molecule has 12 heteroatoms. The van der Waals surface area contributed by atoms with E-state index >= 15 is 0 Å². The van der Waals surface area contributed by atoms with Crippen LogP contribution < -0.4 is 0 Å². The van der Waals surface area contributed by atoms with Crippen LogP contribution in [0, 0.1) is 0 Å². The standard InChI is InChI=1S/C93H126O12/c1-85(2,3)67-43-55(37-64(79(67)97)40-58-46-70(88(10,11)12)82(100)71(47-58)89(13,14)15)28-31-76(94)103-52-61-34-62(53-104-77(95)32-29-56-38-65(80(98)68(44-56)86(4,5)6)41-59-48-72(90(16,17)18)83(101)73(49-59)91(19,20)21)36-63(35-61)54-105-78(96)33-30-57-39-66(81(99)69(45-57)87(7,8)9)42-60-50-74(92(22,23)24)84(102)75(51-60)93(25,26)27/h34-39,43-51,97-102H,28-33,40-42,52-54H2,1-27H3. The van der Waals surface area contributed by atoms with Gasteiger partial charge in [0.15, 0.2) is 0 Å². The molecule has 7 aromatic carbocycles. The molecule has 105 heavy (non-hydrogen) atoms. The average molecular weight is 1440 g/mol. The molecule has 0 saturated carbocycles. The molecule has 0 atom stereocenters. The van der Waals surface area contributed by atoms with Crippen LogP contribution >= 0.6 is 0 Å². The molecule has 0 heterocycles. The van der Waals surface area contributed by atoms with Gasteiger partial charge in [0.25, 0.3) is 0 Å². The summed E-state index contributed by atoms with van der Waals surface area (Å²) >= 11 is 0. The monoisotopic (exact) mass is 1430 g/mol. The highest BCUT2D eigenvalue weighted by atomic mass is 16.5. The fraction of sp³-hybridized carbons (Fsp3) is 0.516. The van der Waals surface area contributed by atoms with Gasteiger partial charge in [-0.05, 0) is 203 Å². The molecule has 0 aliphatic carbocycles. The quantitative estimate of drug-likeness (QED) is 0.0294. The van der Waals surface area contributed by atoms with Gasteiger partial charge in [-0.1, -0.05) is 260 Å². The lowest BCUT2D eigenvalue weighted by atomic mass is 9.77. The van der Waals surface area contributed by atoms with E-state index in [1.54, 1.807) is 0 Å². The first kappa shape index (κ1) is 84.0. The van der Waals surface area contributed by atoms with E-state index in [2.05, 4.69) is 125 Å². The van der Waals surface area contributed by atoms with Gasteiger partial charge in [-0.2, -0.15) is 0 Å². The highest BCUT2D eigenvalue weighted by Gasteiger charge is 2.33. The number of benzene rings is 7. The third kappa shape index (κ3) is 22.0. The maximum Gasteiger partial charge on any atom is 0.306 e. The summed E-state index contributed by atoms with van der Waals surface area (Å²) in [4.78, 5) is 41.8. The normalized spacial score (nSPS) is 12.9. The number of phenolic OH excluding ortho intramolecular Hbond substituents is 6. The molecule has 7 aromatic rings. The number of carbonyl (C=O) groups is 3. The lowest BCUT2D eigenvalue weighted by Crippen LogP contribution is -2.18. The van der Waals surface area contributed by atoms with Crippen molar-refractivity contribution in [2.45, 2.75) is 313 Å². The van der Waals surface area contributed by atoms with E-state index in [1.807, 2.05) is 153 Å².